The molecule has 0 spiro atoms. The van der Waals surface area contributed by atoms with Gasteiger partial charge in [-0.3, -0.25) is 0 Å². The molecule has 0 unspecified atom stereocenters. The average Bonchev–Trinajstić information content (AvgIpc) is 1.63. The van der Waals surface area contributed by atoms with Crippen LogP contribution in [0.15, 0.2) is 0 Å². The van der Waals surface area contributed by atoms with Crippen molar-refractivity contribution in [1.29, 1.82) is 0 Å². The van der Waals surface area contributed by atoms with E-state index in [1.807, 2.05) is 6.92 Å². The first-order valence-corrected chi connectivity index (χ1v) is 3.29. The smallest absolute Gasteiger partial charge is 0.207 e. The molecule has 55 valence electrons. The molecule has 0 aromatic carbocycles. The number of hydrogen-bond acceptors (Lipinski definition) is 0. The Morgan fingerprint density at radius 3 is 2.22 bits per heavy atom. The van der Waals surface area contributed by atoms with Crippen molar-refractivity contribution in [2.75, 3.05) is 0 Å². The summed E-state index contributed by atoms with van der Waals surface area (Å²) in [5.41, 5.74) is 0. The third-order valence-corrected chi connectivity index (χ3v) is 1.15. The minimum Gasteiger partial charge on any atom is -0.207 e. The number of halogens is 2. The molecule has 0 aromatic heterocycles. The van der Waals surface area contributed by atoms with E-state index in [-0.39, 0.29) is 6.42 Å². The zero-order valence-corrected chi connectivity index (χ0v) is 5.79. The van der Waals surface area contributed by atoms with E-state index in [0.29, 0.717) is 6.42 Å². The van der Waals surface area contributed by atoms with Crippen LogP contribution in [0.1, 0.15) is 32.6 Å². The minimum atomic E-state index is -2.70. The number of hydrogen-bond donors (Lipinski definition) is 0. The van der Waals surface area contributed by atoms with Crippen molar-refractivity contribution in [3.8, 4) is 0 Å². The Morgan fingerprint density at radius 2 is 1.89 bits per heavy atom. The van der Waals surface area contributed by atoms with E-state index >= 15 is 0 Å². The summed E-state index contributed by atoms with van der Waals surface area (Å²) in [6.45, 7) is 4.70. The first-order valence-electron chi connectivity index (χ1n) is 3.29. The van der Waals surface area contributed by atoms with Gasteiger partial charge in [0.1, 0.15) is 0 Å². The third kappa shape index (κ3) is 7.86. The molecule has 0 saturated carbocycles. The molecule has 9 heavy (non-hydrogen) atoms. The monoisotopic (exact) mass is 135 g/mol. The first-order chi connectivity index (χ1) is 4.06. The number of unbranched alkanes of at least 4 members (excludes halogenated alkanes) is 2. The molecule has 1 radical (unpaired) electrons. The first kappa shape index (κ1) is 8.86. The van der Waals surface area contributed by atoms with E-state index in [9.17, 15) is 8.78 Å². The van der Waals surface area contributed by atoms with Crippen molar-refractivity contribution in [3.05, 3.63) is 6.92 Å². The summed E-state index contributed by atoms with van der Waals surface area (Å²) in [7, 11) is 0. The van der Waals surface area contributed by atoms with Gasteiger partial charge in [0.2, 0.25) is 5.92 Å². The second-order valence-electron chi connectivity index (χ2n) is 2.31. The fourth-order valence-corrected chi connectivity index (χ4v) is 0.634. The van der Waals surface area contributed by atoms with Crippen LogP contribution >= 0.6 is 0 Å². The van der Waals surface area contributed by atoms with Gasteiger partial charge in [-0.1, -0.05) is 19.8 Å². The van der Waals surface area contributed by atoms with Gasteiger partial charge in [0.05, 0.1) is 0 Å². The van der Waals surface area contributed by atoms with E-state index in [0.717, 1.165) is 12.8 Å². The van der Waals surface area contributed by atoms with Crippen molar-refractivity contribution >= 4 is 0 Å². The van der Waals surface area contributed by atoms with Gasteiger partial charge in [-0.25, -0.2) is 8.78 Å². The van der Waals surface area contributed by atoms with Crippen LogP contribution in [0, 0.1) is 6.92 Å². The van der Waals surface area contributed by atoms with Crippen molar-refractivity contribution in [2.45, 2.75) is 38.5 Å². The van der Waals surface area contributed by atoms with Gasteiger partial charge in [0.25, 0.3) is 0 Å². The maximum absolute atomic E-state index is 11.9. The molecule has 0 amide bonds. The van der Waals surface area contributed by atoms with Crippen LogP contribution in [0.2, 0.25) is 0 Å². The number of alkyl halides is 2. The summed E-state index contributed by atoms with van der Waals surface area (Å²) in [6.07, 6.45) is 2.38. The lowest BCUT2D eigenvalue weighted by Gasteiger charge is -2.07. The van der Waals surface area contributed by atoms with Crippen LogP contribution < -0.4 is 0 Å². The summed E-state index contributed by atoms with van der Waals surface area (Å²) in [5.74, 6) is -2.70. The maximum Gasteiger partial charge on any atom is 0.248 e. The summed E-state index contributed by atoms with van der Waals surface area (Å²) in [6, 6.07) is 0. The molecular weight excluding hydrogens is 122 g/mol. The van der Waals surface area contributed by atoms with Crippen LogP contribution in [0.4, 0.5) is 8.78 Å². The fraction of sp³-hybridized carbons (Fsp3) is 0.857. The summed E-state index contributed by atoms with van der Waals surface area (Å²) in [4.78, 5) is 0. The Bertz CT molecular complexity index is 63.8. The van der Waals surface area contributed by atoms with E-state index < -0.39 is 5.92 Å². The van der Waals surface area contributed by atoms with Crippen molar-refractivity contribution in [3.63, 3.8) is 0 Å². The second kappa shape index (κ2) is 3.80. The molecule has 0 aliphatic carbocycles. The lowest BCUT2D eigenvalue weighted by molar-refractivity contribution is 0.0396. The Balaban J connectivity index is 3.07. The molecule has 0 bridgehead atoms. The molecule has 0 fully saturated rings. The lowest BCUT2D eigenvalue weighted by Crippen LogP contribution is -2.08. The summed E-state index contributed by atoms with van der Waals surface area (Å²) >= 11 is 0. The maximum atomic E-state index is 11.9. The highest BCUT2D eigenvalue weighted by Crippen LogP contribution is 2.19. The fourth-order valence-electron chi connectivity index (χ4n) is 0.634. The van der Waals surface area contributed by atoms with E-state index in [4.69, 9.17) is 0 Å². The zero-order valence-electron chi connectivity index (χ0n) is 5.79. The molecule has 2 heteroatoms. The lowest BCUT2D eigenvalue weighted by atomic mass is 10.1. The SMILES string of the molecule is [CH2]C(F)(F)CCCCC. The normalized spacial score (nSPS) is 12.0. The standard InChI is InChI=1S/C7H13F2/c1-3-4-5-6-7(2,8)9/h2-6H2,1H3. The largest absolute Gasteiger partial charge is 0.248 e. The van der Waals surface area contributed by atoms with E-state index in [1.54, 1.807) is 0 Å². The van der Waals surface area contributed by atoms with Gasteiger partial charge in [-0.05, 0) is 6.42 Å². The highest BCUT2D eigenvalue weighted by atomic mass is 19.3. The second-order valence-corrected chi connectivity index (χ2v) is 2.31. The molecular formula is C7H13F2. The molecule has 0 aliphatic heterocycles. The minimum absolute atomic E-state index is 0.0686. The quantitative estimate of drug-likeness (QED) is 0.520. The summed E-state index contributed by atoms with van der Waals surface area (Å²) < 4.78 is 23.9. The van der Waals surface area contributed by atoms with Gasteiger partial charge in [-0.2, -0.15) is 0 Å². The Labute approximate surface area is 55.3 Å². The van der Waals surface area contributed by atoms with Gasteiger partial charge < -0.3 is 0 Å². The van der Waals surface area contributed by atoms with Crippen LogP contribution in [-0.4, -0.2) is 5.92 Å². The van der Waals surface area contributed by atoms with Crippen LogP contribution in [0.3, 0.4) is 0 Å². The Morgan fingerprint density at radius 1 is 1.33 bits per heavy atom. The van der Waals surface area contributed by atoms with Gasteiger partial charge >= 0.3 is 0 Å². The zero-order chi connectivity index (χ0) is 7.33. The van der Waals surface area contributed by atoms with E-state index in [1.165, 1.54) is 0 Å². The van der Waals surface area contributed by atoms with Gasteiger partial charge in [-0.15, -0.1) is 0 Å². The molecule has 0 nitrogen and oxygen atoms in total. The Hall–Kier alpha value is -0.140. The molecule has 0 aromatic rings. The van der Waals surface area contributed by atoms with Crippen LogP contribution in [0.25, 0.3) is 0 Å². The predicted octanol–water partition coefficient (Wildman–Crippen LogP) is 3.04. The van der Waals surface area contributed by atoms with Crippen molar-refractivity contribution in [2.24, 2.45) is 0 Å². The van der Waals surface area contributed by atoms with Crippen LogP contribution in [0.5, 0.6) is 0 Å². The average molecular weight is 135 g/mol. The predicted molar refractivity (Wildman–Crippen MR) is 34.4 cm³/mol. The molecule has 0 aliphatic rings. The third-order valence-electron chi connectivity index (χ3n) is 1.15. The van der Waals surface area contributed by atoms with Crippen molar-refractivity contribution < 1.29 is 8.78 Å². The molecule has 0 N–H and O–H groups in total. The van der Waals surface area contributed by atoms with E-state index in [2.05, 4.69) is 6.92 Å². The highest BCUT2D eigenvalue weighted by Gasteiger charge is 2.19. The van der Waals surface area contributed by atoms with Crippen molar-refractivity contribution in [1.82, 2.24) is 0 Å². The molecule has 0 heterocycles. The molecule has 0 atom stereocenters. The van der Waals surface area contributed by atoms with Crippen LogP contribution in [-0.2, 0) is 0 Å². The molecule has 0 saturated heterocycles. The topological polar surface area (TPSA) is 0 Å². The van der Waals surface area contributed by atoms with Gasteiger partial charge in [0.15, 0.2) is 0 Å². The van der Waals surface area contributed by atoms with Gasteiger partial charge in [0, 0.05) is 13.3 Å². The summed E-state index contributed by atoms with van der Waals surface area (Å²) in [5, 5.41) is 0. The Kier molecular flexibility index (Phi) is 3.75. The number of rotatable bonds is 4. The highest BCUT2D eigenvalue weighted by molar-refractivity contribution is 4.67. The molecule has 0 rings (SSSR count).